The molecule has 0 amide bonds. The quantitative estimate of drug-likeness (QED) is 0.367. The fraction of sp³-hybridized carbons (Fsp3) is 0. The molecule has 0 radical (unpaired) electrons. The first kappa shape index (κ1) is 13.1. The SMILES string of the molecule is Nc1c(S(=O)(=O)O)c(C(=O)O)c(O)c2ccccc12. The Morgan fingerprint density at radius 1 is 1.16 bits per heavy atom. The van der Waals surface area contributed by atoms with Crippen LogP contribution in [-0.2, 0) is 10.1 Å². The number of aromatic hydroxyl groups is 1. The van der Waals surface area contributed by atoms with Gasteiger partial charge >= 0.3 is 5.97 Å². The lowest BCUT2D eigenvalue weighted by atomic mass is 10.0. The Morgan fingerprint density at radius 2 is 1.68 bits per heavy atom. The van der Waals surface area contributed by atoms with Crippen LogP contribution in [0.3, 0.4) is 0 Å². The molecule has 19 heavy (non-hydrogen) atoms. The molecule has 2 aromatic carbocycles. The largest absolute Gasteiger partial charge is 0.506 e. The number of carboxylic acid groups (broad SMARTS) is 1. The fourth-order valence-corrected chi connectivity index (χ4v) is 2.72. The third-order valence-electron chi connectivity index (χ3n) is 2.65. The number of carboxylic acids is 1. The molecule has 0 spiro atoms. The van der Waals surface area contributed by atoms with Gasteiger partial charge < -0.3 is 15.9 Å². The first-order chi connectivity index (χ1) is 8.75. The summed E-state index contributed by atoms with van der Waals surface area (Å²) in [6.07, 6.45) is 0. The summed E-state index contributed by atoms with van der Waals surface area (Å²) in [5.74, 6) is -2.47. The van der Waals surface area contributed by atoms with Crippen molar-refractivity contribution in [2.45, 2.75) is 4.90 Å². The molecule has 8 heteroatoms. The number of hydrogen-bond donors (Lipinski definition) is 4. The molecule has 0 aromatic heterocycles. The molecule has 0 saturated heterocycles. The van der Waals surface area contributed by atoms with Crippen LogP contribution in [-0.4, -0.2) is 29.2 Å². The number of fused-ring (bicyclic) bond motifs is 1. The zero-order valence-corrected chi connectivity index (χ0v) is 10.2. The van der Waals surface area contributed by atoms with Crippen molar-refractivity contribution in [2.75, 3.05) is 5.73 Å². The van der Waals surface area contributed by atoms with Crippen LogP contribution in [0.15, 0.2) is 29.2 Å². The lowest BCUT2D eigenvalue weighted by molar-refractivity contribution is 0.0689. The van der Waals surface area contributed by atoms with Crippen molar-refractivity contribution in [1.29, 1.82) is 0 Å². The number of anilines is 1. The number of carbonyl (C=O) groups is 1. The van der Waals surface area contributed by atoms with E-state index in [1.807, 2.05) is 0 Å². The summed E-state index contributed by atoms with van der Waals surface area (Å²) in [5.41, 5.74) is 4.23. The lowest BCUT2D eigenvalue weighted by Crippen LogP contribution is -2.12. The van der Waals surface area contributed by atoms with Crippen LogP contribution in [0, 0.1) is 0 Å². The van der Waals surface area contributed by atoms with Crippen molar-refractivity contribution >= 4 is 32.5 Å². The predicted octanol–water partition coefficient (Wildman–Crippen LogP) is 1.07. The van der Waals surface area contributed by atoms with E-state index in [1.165, 1.54) is 24.3 Å². The van der Waals surface area contributed by atoms with Crippen molar-refractivity contribution in [1.82, 2.24) is 0 Å². The maximum absolute atomic E-state index is 11.3. The Bertz CT molecular complexity index is 796. The predicted molar refractivity (Wildman–Crippen MR) is 66.8 cm³/mol. The number of nitrogen functional groups attached to an aromatic ring is 1. The molecule has 0 aliphatic heterocycles. The topological polar surface area (TPSA) is 138 Å². The van der Waals surface area contributed by atoms with Gasteiger partial charge in [-0.05, 0) is 0 Å². The van der Waals surface area contributed by atoms with Crippen LogP contribution >= 0.6 is 0 Å². The number of aromatic carboxylic acids is 1. The van der Waals surface area contributed by atoms with E-state index in [9.17, 15) is 18.3 Å². The summed E-state index contributed by atoms with van der Waals surface area (Å²) in [6, 6.07) is 5.86. The average molecular weight is 283 g/mol. The van der Waals surface area contributed by atoms with Gasteiger partial charge in [-0.15, -0.1) is 0 Å². The molecule has 0 aliphatic carbocycles. The summed E-state index contributed by atoms with van der Waals surface area (Å²) < 4.78 is 31.7. The smallest absolute Gasteiger partial charge is 0.341 e. The third kappa shape index (κ3) is 1.96. The first-order valence-electron chi connectivity index (χ1n) is 4.99. The van der Waals surface area contributed by atoms with E-state index in [0.717, 1.165) is 0 Å². The van der Waals surface area contributed by atoms with Gasteiger partial charge in [-0.1, -0.05) is 24.3 Å². The molecular weight excluding hydrogens is 274 g/mol. The molecule has 0 atom stereocenters. The van der Waals surface area contributed by atoms with Crippen molar-refractivity contribution in [2.24, 2.45) is 0 Å². The summed E-state index contributed by atoms with van der Waals surface area (Å²) in [5, 5.41) is 19.1. The van der Waals surface area contributed by atoms with Crippen LogP contribution in [0.5, 0.6) is 5.75 Å². The maximum atomic E-state index is 11.3. The Balaban J connectivity index is 3.14. The van der Waals surface area contributed by atoms with Gasteiger partial charge in [0.15, 0.2) is 0 Å². The maximum Gasteiger partial charge on any atom is 0.341 e. The standard InChI is InChI=1S/C11H9NO6S/c12-8-5-3-1-2-4-6(5)9(13)7(11(14)15)10(8)19(16,17)18/h1-4,13H,12H2,(H,14,15)(H,16,17,18). The van der Waals surface area contributed by atoms with E-state index in [4.69, 9.17) is 15.4 Å². The molecule has 2 rings (SSSR count). The normalized spacial score (nSPS) is 11.6. The van der Waals surface area contributed by atoms with Gasteiger partial charge in [-0.2, -0.15) is 8.42 Å². The molecule has 7 nitrogen and oxygen atoms in total. The Labute approximate surface area is 107 Å². The van der Waals surface area contributed by atoms with Gasteiger partial charge in [-0.25, -0.2) is 4.79 Å². The minimum absolute atomic E-state index is 0.0878. The number of nitrogens with two attached hydrogens (primary N) is 1. The van der Waals surface area contributed by atoms with Crippen LogP contribution in [0.4, 0.5) is 5.69 Å². The van der Waals surface area contributed by atoms with Gasteiger partial charge in [0, 0.05) is 10.8 Å². The van der Waals surface area contributed by atoms with Gasteiger partial charge in [0.25, 0.3) is 10.1 Å². The Kier molecular flexibility index (Phi) is 2.84. The highest BCUT2D eigenvalue weighted by Gasteiger charge is 2.29. The summed E-state index contributed by atoms with van der Waals surface area (Å²) in [6.45, 7) is 0. The molecule has 0 saturated carbocycles. The Hall–Kier alpha value is -2.32. The zero-order chi connectivity index (χ0) is 14.4. The molecule has 0 unspecified atom stereocenters. The van der Waals surface area contributed by atoms with Gasteiger partial charge in [0.2, 0.25) is 0 Å². The molecule has 0 fully saturated rings. The highest BCUT2D eigenvalue weighted by molar-refractivity contribution is 7.86. The van der Waals surface area contributed by atoms with E-state index < -0.39 is 38.0 Å². The second-order valence-corrected chi connectivity index (χ2v) is 5.15. The van der Waals surface area contributed by atoms with Crippen LogP contribution in [0.25, 0.3) is 10.8 Å². The summed E-state index contributed by atoms with van der Waals surface area (Å²) in [4.78, 5) is 10.1. The van der Waals surface area contributed by atoms with E-state index in [0.29, 0.717) is 0 Å². The second kappa shape index (κ2) is 4.11. The fourth-order valence-electron chi connectivity index (χ4n) is 1.89. The second-order valence-electron chi connectivity index (χ2n) is 3.79. The van der Waals surface area contributed by atoms with Crippen molar-refractivity contribution in [3.05, 3.63) is 29.8 Å². The highest BCUT2D eigenvalue weighted by Crippen LogP contribution is 2.39. The van der Waals surface area contributed by atoms with E-state index in [2.05, 4.69) is 0 Å². The number of rotatable bonds is 2. The third-order valence-corrected chi connectivity index (χ3v) is 3.59. The highest BCUT2D eigenvalue weighted by atomic mass is 32.2. The number of hydrogen-bond acceptors (Lipinski definition) is 5. The number of benzene rings is 2. The van der Waals surface area contributed by atoms with E-state index >= 15 is 0 Å². The summed E-state index contributed by atoms with van der Waals surface area (Å²) in [7, 11) is -4.89. The van der Waals surface area contributed by atoms with Crippen LogP contribution < -0.4 is 5.73 Å². The van der Waals surface area contributed by atoms with Crippen molar-refractivity contribution in [3.63, 3.8) is 0 Å². The lowest BCUT2D eigenvalue weighted by Gasteiger charge is -2.12. The monoisotopic (exact) mass is 283 g/mol. The average Bonchev–Trinajstić information content (AvgIpc) is 2.31. The molecule has 0 bridgehead atoms. The van der Waals surface area contributed by atoms with E-state index in [1.54, 1.807) is 0 Å². The van der Waals surface area contributed by atoms with Crippen LogP contribution in [0.1, 0.15) is 10.4 Å². The molecule has 100 valence electrons. The molecule has 0 heterocycles. The Morgan fingerprint density at radius 3 is 2.16 bits per heavy atom. The van der Waals surface area contributed by atoms with Crippen molar-refractivity contribution in [3.8, 4) is 5.75 Å². The molecule has 2 aromatic rings. The molecule has 0 aliphatic rings. The minimum Gasteiger partial charge on any atom is -0.506 e. The molecular formula is C11H9NO6S. The van der Waals surface area contributed by atoms with Crippen LogP contribution in [0.2, 0.25) is 0 Å². The van der Waals surface area contributed by atoms with Gasteiger partial charge in [0.1, 0.15) is 16.2 Å². The molecule has 5 N–H and O–H groups in total. The minimum atomic E-state index is -4.89. The van der Waals surface area contributed by atoms with Gasteiger partial charge in [-0.3, -0.25) is 4.55 Å². The van der Waals surface area contributed by atoms with Crippen molar-refractivity contribution < 1.29 is 28.0 Å². The summed E-state index contributed by atoms with van der Waals surface area (Å²) >= 11 is 0. The van der Waals surface area contributed by atoms with E-state index in [-0.39, 0.29) is 10.8 Å². The number of phenols is 1. The zero-order valence-electron chi connectivity index (χ0n) is 9.36. The van der Waals surface area contributed by atoms with Gasteiger partial charge in [0.05, 0.1) is 5.69 Å². The first-order valence-corrected chi connectivity index (χ1v) is 6.43.